The van der Waals surface area contributed by atoms with Crippen molar-refractivity contribution in [2.75, 3.05) is 19.7 Å². The van der Waals surface area contributed by atoms with Gasteiger partial charge in [0, 0.05) is 13.2 Å². The first-order valence-corrected chi connectivity index (χ1v) is 5.87. The number of hydrogen-bond acceptors (Lipinski definition) is 3. The van der Waals surface area contributed by atoms with Gasteiger partial charge in [0.25, 0.3) is 0 Å². The molecule has 3 nitrogen and oxygen atoms in total. The zero-order valence-electron chi connectivity index (χ0n) is 9.70. The van der Waals surface area contributed by atoms with Gasteiger partial charge in [0.15, 0.2) is 0 Å². The summed E-state index contributed by atoms with van der Waals surface area (Å²) in [7, 11) is 0. The molecule has 1 saturated heterocycles. The molecule has 1 unspecified atom stereocenters. The van der Waals surface area contributed by atoms with Crippen molar-refractivity contribution >= 4 is 0 Å². The molecule has 2 N–H and O–H groups in total. The van der Waals surface area contributed by atoms with Crippen molar-refractivity contribution in [3.8, 4) is 5.75 Å². The van der Waals surface area contributed by atoms with E-state index in [-0.39, 0.29) is 12.7 Å². The van der Waals surface area contributed by atoms with Gasteiger partial charge in [-0.2, -0.15) is 0 Å². The maximum Gasteiger partial charge on any atom is 0.123 e. The number of hydrogen-bond donors (Lipinski definition) is 2. The molecule has 1 aromatic rings. The second-order valence-electron chi connectivity index (χ2n) is 4.32. The number of aliphatic hydroxyl groups is 1. The highest BCUT2D eigenvalue weighted by Crippen LogP contribution is 2.23. The van der Waals surface area contributed by atoms with Crippen LogP contribution in [0.5, 0.6) is 5.75 Å². The van der Waals surface area contributed by atoms with Crippen LogP contribution in [0.1, 0.15) is 17.5 Å². The molecule has 16 heavy (non-hydrogen) atoms. The molecule has 1 aliphatic rings. The summed E-state index contributed by atoms with van der Waals surface area (Å²) < 4.78 is 5.94. The highest BCUT2D eigenvalue weighted by atomic mass is 16.5. The SMILES string of the molecule is Cc1ccc(OC2CCNC2)c(CCO)c1. The summed E-state index contributed by atoms with van der Waals surface area (Å²) in [5.41, 5.74) is 2.31. The van der Waals surface area contributed by atoms with Gasteiger partial charge >= 0.3 is 0 Å². The number of ether oxygens (including phenoxy) is 1. The first kappa shape index (κ1) is 11.4. The Morgan fingerprint density at radius 3 is 3.06 bits per heavy atom. The Morgan fingerprint density at radius 1 is 1.50 bits per heavy atom. The Kier molecular flexibility index (Phi) is 3.80. The number of benzene rings is 1. The molecule has 0 radical (unpaired) electrons. The molecule has 0 saturated carbocycles. The van der Waals surface area contributed by atoms with E-state index in [0.717, 1.165) is 30.8 Å². The molecular formula is C13H19NO2. The van der Waals surface area contributed by atoms with Crippen LogP contribution in [0, 0.1) is 6.92 Å². The molecule has 0 aliphatic carbocycles. The number of rotatable bonds is 4. The van der Waals surface area contributed by atoms with Crippen LogP contribution in [0.2, 0.25) is 0 Å². The average molecular weight is 221 g/mol. The van der Waals surface area contributed by atoms with E-state index < -0.39 is 0 Å². The van der Waals surface area contributed by atoms with Gasteiger partial charge in [0.05, 0.1) is 0 Å². The minimum Gasteiger partial charge on any atom is -0.489 e. The van der Waals surface area contributed by atoms with Crippen molar-refractivity contribution in [1.29, 1.82) is 0 Å². The van der Waals surface area contributed by atoms with Gasteiger partial charge in [-0.1, -0.05) is 17.7 Å². The van der Waals surface area contributed by atoms with Crippen molar-refractivity contribution < 1.29 is 9.84 Å². The number of nitrogens with one attached hydrogen (secondary N) is 1. The normalized spacial score (nSPS) is 20.0. The van der Waals surface area contributed by atoms with E-state index >= 15 is 0 Å². The van der Waals surface area contributed by atoms with Gasteiger partial charge in [0.1, 0.15) is 11.9 Å². The maximum absolute atomic E-state index is 9.03. The summed E-state index contributed by atoms with van der Waals surface area (Å²) in [5, 5.41) is 12.3. The van der Waals surface area contributed by atoms with Crippen LogP contribution < -0.4 is 10.1 Å². The Labute approximate surface area is 96.4 Å². The fourth-order valence-corrected chi connectivity index (χ4v) is 2.05. The molecule has 1 fully saturated rings. The van der Waals surface area contributed by atoms with Crippen LogP contribution in [0.25, 0.3) is 0 Å². The summed E-state index contributed by atoms with van der Waals surface area (Å²) in [5.74, 6) is 0.924. The van der Waals surface area contributed by atoms with E-state index in [1.807, 2.05) is 6.07 Å². The summed E-state index contributed by atoms with van der Waals surface area (Å²) in [6.07, 6.45) is 2.00. The molecule has 0 spiro atoms. The third-order valence-corrected chi connectivity index (χ3v) is 2.91. The second-order valence-corrected chi connectivity index (χ2v) is 4.32. The zero-order valence-corrected chi connectivity index (χ0v) is 9.70. The monoisotopic (exact) mass is 221 g/mol. The predicted octanol–water partition coefficient (Wildman–Crippen LogP) is 1.27. The van der Waals surface area contributed by atoms with Gasteiger partial charge in [-0.15, -0.1) is 0 Å². The summed E-state index contributed by atoms with van der Waals surface area (Å²) in [6, 6.07) is 6.16. The lowest BCUT2D eigenvalue weighted by Gasteiger charge is -2.16. The van der Waals surface area contributed by atoms with Crippen LogP contribution in [-0.2, 0) is 6.42 Å². The van der Waals surface area contributed by atoms with Crippen LogP contribution in [0.3, 0.4) is 0 Å². The Bertz CT molecular complexity index is 346. The van der Waals surface area contributed by atoms with Gasteiger partial charge < -0.3 is 15.2 Å². The molecule has 3 heteroatoms. The Morgan fingerprint density at radius 2 is 2.38 bits per heavy atom. The molecule has 0 aromatic heterocycles. The molecule has 0 amide bonds. The van der Waals surface area contributed by atoms with E-state index in [4.69, 9.17) is 9.84 Å². The second kappa shape index (κ2) is 5.32. The number of aryl methyl sites for hydroxylation is 1. The van der Waals surface area contributed by atoms with E-state index in [2.05, 4.69) is 24.4 Å². The molecule has 0 bridgehead atoms. The van der Waals surface area contributed by atoms with E-state index in [0.29, 0.717) is 6.42 Å². The first-order chi connectivity index (χ1) is 7.79. The zero-order chi connectivity index (χ0) is 11.4. The molecule has 1 heterocycles. The van der Waals surface area contributed by atoms with Gasteiger partial charge in [-0.05, 0) is 37.9 Å². The lowest BCUT2D eigenvalue weighted by atomic mass is 10.1. The van der Waals surface area contributed by atoms with Gasteiger partial charge in [0.2, 0.25) is 0 Å². The first-order valence-electron chi connectivity index (χ1n) is 5.87. The van der Waals surface area contributed by atoms with E-state index in [9.17, 15) is 0 Å². The summed E-state index contributed by atoms with van der Waals surface area (Å²) >= 11 is 0. The highest BCUT2D eigenvalue weighted by molar-refractivity contribution is 5.37. The third kappa shape index (κ3) is 2.74. The molecule has 1 aliphatic heterocycles. The summed E-state index contributed by atoms with van der Waals surface area (Å²) in [4.78, 5) is 0. The topological polar surface area (TPSA) is 41.5 Å². The van der Waals surface area contributed by atoms with E-state index in [1.165, 1.54) is 5.56 Å². The fourth-order valence-electron chi connectivity index (χ4n) is 2.05. The largest absolute Gasteiger partial charge is 0.489 e. The standard InChI is InChI=1S/C13H19NO2/c1-10-2-3-13(11(8-10)5-7-15)16-12-4-6-14-9-12/h2-3,8,12,14-15H,4-7,9H2,1H3. The highest BCUT2D eigenvalue weighted by Gasteiger charge is 2.17. The van der Waals surface area contributed by atoms with Crippen LogP contribution in [0.4, 0.5) is 0 Å². The molecule has 88 valence electrons. The smallest absolute Gasteiger partial charge is 0.123 e. The number of aliphatic hydroxyl groups excluding tert-OH is 1. The minimum absolute atomic E-state index is 0.169. The van der Waals surface area contributed by atoms with E-state index in [1.54, 1.807) is 0 Å². The van der Waals surface area contributed by atoms with Crippen LogP contribution in [0.15, 0.2) is 18.2 Å². The van der Waals surface area contributed by atoms with Crippen molar-refractivity contribution in [1.82, 2.24) is 5.32 Å². The lowest BCUT2D eigenvalue weighted by molar-refractivity contribution is 0.218. The quantitative estimate of drug-likeness (QED) is 0.804. The van der Waals surface area contributed by atoms with Crippen molar-refractivity contribution in [2.24, 2.45) is 0 Å². The molecule has 1 atom stereocenters. The maximum atomic E-state index is 9.03. The molecule has 1 aromatic carbocycles. The molecule has 2 rings (SSSR count). The minimum atomic E-state index is 0.169. The molecular weight excluding hydrogens is 202 g/mol. The average Bonchev–Trinajstić information content (AvgIpc) is 2.75. The predicted molar refractivity (Wildman–Crippen MR) is 63.9 cm³/mol. The van der Waals surface area contributed by atoms with Crippen molar-refractivity contribution in [3.63, 3.8) is 0 Å². The summed E-state index contributed by atoms with van der Waals surface area (Å²) in [6.45, 7) is 4.18. The van der Waals surface area contributed by atoms with Crippen LogP contribution >= 0.6 is 0 Å². The Hall–Kier alpha value is -1.06. The van der Waals surface area contributed by atoms with Gasteiger partial charge in [-0.3, -0.25) is 0 Å². The third-order valence-electron chi connectivity index (χ3n) is 2.91. The Balaban J connectivity index is 2.11. The van der Waals surface area contributed by atoms with Crippen molar-refractivity contribution in [2.45, 2.75) is 25.9 Å². The van der Waals surface area contributed by atoms with Crippen LogP contribution in [-0.4, -0.2) is 30.9 Å². The van der Waals surface area contributed by atoms with Gasteiger partial charge in [-0.25, -0.2) is 0 Å². The fraction of sp³-hybridized carbons (Fsp3) is 0.538. The van der Waals surface area contributed by atoms with Crippen molar-refractivity contribution in [3.05, 3.63) is 29.3 Å². The lowest BCUT2D eigenvalue weighted by Crippen LogP contribution is -2.20.